The van der Waals surface area contributed by atoms with Crippen LogP contribution in [0.5, 0.6) is 0 Å². The van der Waals surface area contributed by atoms with E-state index in [1.807, 2.05) is 43.3 Å². The number of rotatable bonds is 5. The van der Waals surface area contributed by atoms with Gasteiger partial charge in [0.05, 0.1) is 6.26 Å². The first-order valence-corrected chi connectivity index (χ1v) is 6.34. The number of carbonyl (C=O) groups excluding carboxylic acids is 1. The van der Waals surface area contributed by atoms with Crippen molar-refractivity contribution < 1.29 is 9.21 Å². The molecule has 0 aliphatic heterocycles. The number of amides is 1. The highest BCUT2D eigenvalue weighted by Gasteiger charge is 2.08. The summed E-state index contributed by atoms with van der Waals surface area (Å²) < 4.78 is 5.16. The molecule has 0 fully saturated rings. The molecule has 2 aromatic rings. The minimum Gasteiger partial charge on any atom is -0.465 e. The highest BCUT2D eigenvalue weighted by Crippen LogP contribution is 2.07. The van der Waals surface area contributed by atoms with E-state index < -0.39 is 0 Å². The molecule has 2 rings (SSSR count). The lowest BCUT2D eigenvalue weighted by molar-refractivity contribution is -0.126. The second-order valence-electron chi connectivity index (χ2n) is 4.19. The number of hydrogen-bond acceptors (Lipinski definition) is 2. The van der Waals surface area contributed by atoms with Gasteiger partial charge in [-0.2, -0.15) is 0 Å². The Balaban J connectivity index is 1.99. The summed E-state index contributed by atoms with van der Waals surface area (Å²) in [6.45, 7) is 3.27. The molecule has 0 aliphatic rings. The fourth-order valence-electron chi connectivity index (χ4n) is 1.79. The third kappa shape index (κ3) is 3.85. The Morgan fingerprint density at radius 2 is 2.00 bits per heavy atom. The maximum atomic E-state index is 12.1. The van der Waals surface area contributed by atoms with Gasteiger partial charge < -0.3 is 9.32 Å². The monoisotopic (exact) mass is 255 g/mol. The van der Waals surface area contributed by atoms with E-state index in [1.54, 1.807) is 29.4 Å². The maximum Gasteiger partial charge on any atom is 0.246 e. The first-order chi connectivity index (χ1) is 9.29. The molecule has 0 spiro atoms. The first kappa shape index (κ1) is 13.1. The van der Waals surface area contributed by atoms with E-state index in [9.17, 15) is 4.79 Å². The predicted molar refractivity (Wildman–Crippen MR) is 75.3 cm³/mol. The van der Waals surface area contributed by atoms with Crippen molar-refractivity contribution in [3.8, 4) is 0 Å². The van der Waals surface area contributed by atoms with Gasteiger partial charge in [-0.1, -0.05) is 30.3 Å². The smallest absolute Gasteiger partial charge is 0.246 e. The second kappa shape index (κ2) is 6.59. The van der Waals surface area contributed by atoms with Gasteiger partial charge in [0.15, 0.2) is 0 Å². The van der Waals surface area contributed by atoms with Crippen molar-refractivity contribution in [3.05, 3.63) is 66.1 Å². The average molecular weight is 255 g/mol. The summed E-state index contributed by atoms with van der Waals surface area (Å²) in [5.74, 6) is 0.673. The number of benzene rings is 1. The Hall–Kier alpha value is -2.29. The Morgan fingerprint density at radius 1 is 1.21 bits per heavy atom. The number of likely N-dealkylation sites (N-methyl/N-ethyl adjacent to an activating group) is 1. The van der Waals surface area contributed by atoms with Crippen LogP contribution in [0.4, 0.5) is 0 Å². The fourth-order valence-corrected chi connectivity index (χ4v) is 1.79. The van der Waals surface area contributed by atoms with E-state index in [2.05, 4.69) is 0 Å². The zero-order valence-electron chi connectivity index (χ0n) is 11.0. The van der Waals surface area contributed by atoms with Gasteiger partial charge in [0.1, 0.15) is 5.76 Å². The minimum absolute atomic E-state index is 0.0113. The molecule has 3 heteroatoms. The summed E-state index contributed by atoms with van der Waals surface area (Å²) in [5.41, 5.74) is 1.13. The summed E-state index contributed by atoms with van der Waals surface area (Å²) in [5, 5.41) is 0. The van der Waals surface area contributed by atoms with Gasteiger partial charge in [-0.05, 0) is 30.7 Å². The number of carbonyl (C=O) groups is 1. The highest BCUT2D eigenvalue weighted by molar-refractivity contribution is 5.91. The lowest BCUT2D eigenvalue weighted by atomic mass is 10.2. The van der Waals surface area contributed by atoms with Gasteiger partial charge in [0.25, 0.3) is 0 Å². The van der Waals surface area contributed by atoms with Crippen molar-refractivity contribution in [1.29, 1.82) is 0 Å². The molecule has 1 amide bonds. The Kier molecular flexibility index (Phi) is 4.56. The zero-order chi connectivity index (χ0) is 13.5. The van der Waals surface area contributed by atoms with Crippen LogP contribution < -0.4 is 0 Å². The molecule has 0 atom stereocenters. The molecule has 0 aliphatic carbocycles. The molecule has 1 aromatic carbocycles. The van der Waals surface area contributed by atoms with E-state index in [4.69, 9.17) is 4.42 Å². The van der Waals surface area contributed by atoms with Gasteiger partial charge in [0.2, 0.25) is 5.91 Å². The van der Waals surface area contributed by atoms with Crippen LogP contribution in [0.15, 0.2) is 59.2 Å². The van der Waals surface area contributed by atoms with Gasteiger partial charge in [-0.3, -0.25) is 4.79 Å². The van der Waals surface area contributed by atoms with E-state index in [-0.39, 0.29) is 5.91 Å². The standard InChI is InChI=1S/C16H17NO2/c1-2-17(13-14-7-4-3-5-8-14)16(18)11-10-15-9-6-12-19-15/h3-12H,2,13H2,1H3/b11-10+. The van der Waals surface area contributed by atoms with Crippen LogP contribution in [0.25, 0.3) is 6.08 Å². The normalized spacial score (nSPS) is 10.8. The molecule has 0 bridgehead atoms. The molecule has 0 unspecified atom stereocenters. The summed E-state index contributed by atoms with van der Waals surface area (Å²) in [7, 11) is 0. The number of furan rings is 1. The molecular weight excluding hydrogens is 238 g/mol. The van der Waals surface area contributed by atoms with Crippen LogP contribution in [0.3, 0.4) is 0 Å². The molecule has 0 saturated heterocycles. The first-order valence-electron chi connectivity index (χ1n) is 6.34. The molecular formula is C16H17NO2. The van der Waals surface area contributed by atoms with Gasteiger partial charge in [-0.25, -0.2) is 0 Å². The van der Waals surface area contributed by atoms with Gasteiger partial charge in [-0.15, -0.1) is 0 Å². The lowest BCUT2D eigenvalue weighted by Crippen LogP contribution is -2.28. The number of hydrogen-bond donors (Lipinski definition) is 0. The van der Waals surface area contributed by atoms with Crippen LogP contribution in [-0.4, -0.2) is 17.4 Å². The third-order valence-corrected chi connectivity index (χ3v) is 2.84. The minimum atomic E-state index is -0.0113. The fraction of sp³-hybridized carbons (Fsp3) is 0.188. The van der Waals surface area contributed by atoms with Gasteiger partial charge >= 0.3 is 0 Å². The van der Waals surface area contributed by atoms with Crippen LogP contribution in [-0.2, 0) is 11.3 Å². The van der Waals surface area contributed by atoms with Crippen molar-refractivity contribution in [2.75, 3.05) is 6.54 Å². The molecule has 3 nitrogen and oxygen atoms in total. The van der Waals surface area contributed by atoms with Crippen molar-refractivity contribution in [2.24, 2.45) is 0 Å². The Morgan fingerprint density at radius 3 is 2.63 bits per heavy atom. The van der Waals surface area contributed by atoms with Gasteiger partial charge in [0, 0.05) is 19.2 Å². The van der Waals surface area contributed by atoms with Crippen LogP contribution >= 0.6 is 0 Å². The summed E-state index contributed by atoms with van der Waals surface area (Å²) in [6, 6.07) is 13.6. The van der Waals surface area contributed by atoms with Crippen LogP contribution in [0.2, 0.25) is 0 Å². The van der Waals surface area contributed by atoms with E-state index in [0.29, 0.717) is 18.8 Å². The van der Waals surface area contributed by atoms with E-state index >= 15 is 0 Å². The Bertz CT molecular complexity index is 529. The molecule has 0 radical (unpaired) electrons. The average Bonchev–Trinajstić information content (AvgIpc) is 2.96. The molecule has 0 saturated carbocycles. The molecule has 1 aromatic heterocycles. The predicted octanol–water partition coefficient (Wildman–Crippen LogP) is 3.34. The Labute approximate surface area is 113 Å². The second-order valence-corrected chi connectivity index (χ2v) is 4.19. The lowest BCUT2D eigenvalue weighted by Gasteiger charge is -2.19. The van der Waals surface area contributed by atoms with E-state index in [0.717, 1.165) is 5.56 Å². The van der Waals surface area contributed by atoms with Crippen molar-refractivity contribution in [3.63, 3.8) is 0 Å². The topological polar surface area (TPSA) is 33.5 Å². The zero-order valence-corrected chi connectivity index (χ0v) is 11.0. The molecule has 98 valence electrons. The molecule has 19 heavy (non-hydrogen) atoms. The third-order valence-electron chi connectivity index (χ3n) is 2.84. The SMILES string of the molecule is CCN(Cc1ccccc1)C(=O)/C=C/c1ccco1. The maximum absolute atomic E-state index is 12.1. The van der Waals surface area contributed by atoms with Crippen LogP contribution in [0, 0.1) is 0 Å². The summed E-state index contributed by atoms with van der Waals surface area (Å²) >= 11 is 0. The summed E-state index contributed by atoms with van der Waals surface area (Å²) in [4.78, 5) is 13.9. The molecule has 1 heterocycles. The van der Waals surface area contributed by atoms with Crippen molar-refractivity contribution in [2.45, 2.75) is 13.5 Å². The van der Waals surface area contributed by atoms with Crippen molar-refractivity contribution in [1.82, 2.24) is 4.90 Å². The van der Waals surface area contributed by atoms with Crippen LogP contribution in [0.1, 0.15) is 18.2 Å². The quantitative estimate of drug-likeness (QED) is 0.768. The molecule has 0 N–H and O–H groups in total. The van der Waals surface area contributed by atoms with Crippen molar-refractivity contribution >= 4 is 12.0 Å². The number of nitrogens with zero attached hydrogens (tertiary/aromatic N) is 1. The highest BCUT2D eigenvalue weighted by atomic mass is 16.3. The van der Waals surface area contributed by atoms with E-state index in [1.165, 1.54) is 0 Å². The summed E-state index contributed by atoms with van der Waals surface area (Å²) in [6.07, 6.45) is 4.83. The largest absolute Gasteiger partial charge is 0.465 e.